The first-order valence-electron chi connectivity index (χ1n) is 26.7. The van der Waals surface area contributed by atoms with Gasteiger partial charge in [-0.15, -0.1) is 0 Å². The van der Waals surface area contributed by atoms with Crippen LogP contribution in [-0.4, -0.2) is 123 Å². The number of nitrogens with one attached hydrogen (secondary N) is 3. The van der Waals surface area contributed by atoms with Gasteiger partial charge in [-0.05, 0) is 130 Å². The third-order valence-electron chi connectivity index (χ3n) is 13.6. The number of aliphatic hydroxyl groups is 2. The van der Waals surface area contributed by atoms with Crippen molar-refractivity contribution >= 4 is 85.5 Å². The molecule has 17 nitrogen and oxygen atoms in total. The van der Waals surface area contributed by atoms with Crippen LogP contribution < -0.4 is 25.8 Å². The Morgan fingerprint density at radius 3 is 1.72 bits per heavy atom. The van der Waals surface area contributed by atoms with E-state index in [4.69, 9.17) is 51.7 Å². The van der Waals surface area contributed by atoms with Gasteiger partial charge in [-0.2, -0.15) is 13.7 Å². The fourth-order valence-corrected chi connectivity index (χ4v) is 10.4. The van der Waals surface area contributed by atoms with E-state index in [0.717, 1.165) is 60.7 Å². The Kier molecular flexibility index (Phi) is 25.3. The summed E-state index contributed by atoms with van der Waals surface area (Å²) in [5.41, 5.74) is 3.98. The predicted octanol–water partition coefficient (Wildman–Crippen LogP) is 10.6. The molecule has 4 atom stereocenters. The van der Waals surface area contributed by atoms with Crippen LogP contribution in [0, 0.1) is 11.3 Å². The lowest BCUT2D eigenvalue weighted by molar-refractivity contribution is 0.00625. The van der Waals surface area contributed by atoms with Crippen LogP contribution in [0.3, 0.4) is 0 Å². The van der Waals surface area contributed by atoms with E-state index >= 15 is 0 Å². The normalized spacial score (nSPS) is 16.7. The number of piperazine rings is 2. The summed E-state index contributed by atoms with van der Waals surface area (Å²) in [7, 11) is -3.63. The van der Waals surface area contributed by atoms with E-state index in [-0.39, 0.29) is 42.8 Å². The molecule has 444 valence electrons. The first-order chi connectivity index (χ1) is 38.9. The molecule has 4 heterocycles. The number of ketones is 1. The second-order valence-corrected chi connectivity index (χ2v) is 23.7. The molecule has 2 fully saturated rings. The lowest BCUT2D eigenvalue weighted by Crippen LogP contribution is -2.52. The van der Waals surface area contributed by atoms with Gasteiger partial charge in [0.1, 0.15) is 17.8 Å². The average Bonchev–Trinajstić information content (AvgIpc) is 3.60. The quantitative estimate of drug-likeness (QED) is 0.0398. The molecule has 0 unspecified atom stereocenters. The zero-order chi connectivity index (χ0) is 59.8. The van der Waals surface area contributed by atoms with Crippen molar-refractivity contribution in [3.8, 4) is 6.07 Å². The van der Waals surface area contributed by atoms with E-state index in [1.165, 1.54) is 43.9 Å². The van der Waals surface area contributed by atoms with Crippen LogP contribution in [0.25, 0.3) is 0 Å². The number of halogens is 4. The number of pyridine rings is 2. The molecule has 6 aromatic rings. The minimum atomic E-state index is -3.63. The molecule has 4 aromatic carbocycles. The first-order valence-corrected chi connectivity index (χ1v) is 30.0. The van der Waals surface area contributed by atoms with E-state index in [9.17, 15) is 33.0 Å². The molecule has 8 rings (SSSR count). The Bertz CT molecular complexity index is 3280. The topological polar surface area (TPSA) is 230 Å². The highest BCUT2D eigenvalue weighted by atomic mass is 35.5. The minimum Gasteiger partial charge on any atom is -0.382 e. The lowest BCUT2D eigenvalue weighted by atomic mass is 9.96. The van der Waals surface area contributed by atoms with Crippen LogP contribution in [0.2, 0.25) is 20.1 Å². The van der Waals surface area contributed by atoms with Crippen molar-refractivity contribution in [2.45, 2.75) is 78.2 Å². The van der Waals surface area contributed by atoms with Gasteiger partial charge in [-0.3, -0.25) is 33.4 Å². The van der Waals surface area contributed by atoms with Gasteiger partial charge in [-0.1, -0.05) is 91.9 Å². The second-order valence-electron chi connectivity index (χ2n) is 20.4. The summed E-state index contributed by atoms with van der Waals surface area (Å²) >= 11 is 25.3. The molecule has 2 aliphatic rings. The monoisotopic (exact) mass is 1230 g/mol. The number of hydrogen-bond acceptors (Lipinski definition) is 15. The Morgan fingerprint density at radius 1 is 0.711 bits per heavy atom. The fraction of sp³-hybridized carbons (Fsp3) is 0.377. The third kappa shape index (κ3) is 19.4. The highest BCUT2D eigenvalue weighted by Gasteiger charge is 2.35. The van der Waals surface area contributed by atoms with Crippen LogP contribution in [-0.2, 0) is 25.5 Å². The molecule has 0 bridgehead atoms. The van der Waals surface area contributed by atoms with E-state index in [2.05, 4.69) is 50.9 Å². The highest BCUT2D eigenvalue weighted by Crippen LogP contribution is 2.38. The van der Waals surface area contributed by atoms with Crippen molar-refractivity contribution < 1.29 is 37.2 Å². The van der Waals surface area contributed by atoms with Crippen molar-refractivity contribution in [3.05, 3.63) is 186 Å². The van der Waals surface area contributed by atoms with Crippen LogP contribution in [0.1, 0.15) is 126 Å². The first kappa shape index (κ1) is 67.6. The Labute approximate surface area is 508 Å². The minimum absolute atomic E-state index is 0. The van der Waals surface area contributed by atoms with Gasteiger partial charge < -0.3 is 36.0 Å². The summed E-state index contributed by atoms with van der Waals surface area (Å²) in [5, 5.41) is 42.2. The van der Waals surface area contributed by atoms with Gasteiger partial charge in [0, 0.05) is 92.5 Å². The van der Waals surface area contributed by atoms with Gasteiger partial charge >= 0.3 is 0 Å². The number of aromatic nitrogens is 2. The third-order valence-corrected chi connectivity index (χ3v) is 15.2. The Balaban J connectivity index is 0.000000256. The summed E-state index contributed by atoms with van der Waals surface area (Å²) in [6.07, 6.45) is 5.44. The second kappa shape index (κ2) is 31.1. The Morgan fingerprint density at radius 2 is 1.22 bits per heavy atom. The average molecular weight is 1230 g/mol. The number of nitrogens with zero attached hydrogens (tertiary/aromatic N) is 6. The van der Waals surface area contributed by atoms with Crippen molar-refractivity contribution in [1.82, 2.24) is 30.8 Å². The SMILES string of the molecule is C.CC(=O)c1ccc([C@](C)(O)COS(C)(=O)=O)nc1.CCCNC(=O)c1ccc([C@](C)(O)CN2CCN(c3ccc(C(=O)NCCC)cc3Cl)[C@H](c3ccc(Cl)cc3)C2)nc1.N#Cc1ccc(N2CCNC[C@H]2c2ccc(Cl)cc2)c(Cl)c1. The molecular weight excluding hydrogens is 1160 g/mol. The van der Waals surface area contributed by atoms with E-state index in [1.54, 1.807) is 37.3 Å². The maximum atomic E-state index is 12.5. The highest BCUT2D eigenvalue weighted by molar-refractivity contribution is 7.86. The molecule has 2 saturated heterocycles. The number of rotatable bonds is 18. The van der Waals surface area contributed by atoms with Gasteiger partial charge in [0.2, 0.25) is 0 Å². The molecule has 2 aromatic heterocycles. The molecule has 0 saturated carbocycles. The molecular formula is C61H73Cl4N9O8S. The van der Waals surface area contributed by atoms with Gasteiger partial charge in [0.25, 0.3) is 21.9 Å². The number of hydrogen-bond donors (Lipinski definition) is 5. The molecule has 83 heavy (non-hydrogen) atoms. The largest absolute Gasteiger partial charge is 0.382 e. The summed E-state index contributed by atoms with van der Waals surface area (Å²) in [6, 6.07) is 35.2. The summed E-state index contributed by atoms with van der Waals surface area (Å²) in [4.78, 5) is 50.9. The van der Waals surface area contributed by atoms with E-state index < -0.39 is 27.9 Å². The van der Waals surface area contributed by atoms with Crippen molar-refractivity contribution in [3.63, 3.8) is 0 Å². The summed E-state index contributed by atoms with van der Waals surface area (Å²) < 4.78 is 26.3. The van der Waals surface area contributed by atoms with Crippen LogP contribution >= 0.6 is 46.4 Å². The fourth-order valence-electron chi connectivity index (χ4n) is 9.17. The standard InChI is InChI=1S/C32H39Cl2N5O3.C17H15Cl2N3.C11H15NO5S.CH4/c1-4-14-35-30(40)23-8-12-27(26(34)18-23)39-17-16-38(20-28(39)22-6-10-25(33)11-7-22)21-32(3,42)29-13-9-24(19-37-29)31(41)36-15-5-2;18-14-4-2-13(3-5-14)17-11-21-7-8-22(17)16-6-1-12(10-20)9-15(16)19;1-8(13)9-4-5-10(12-6-9)11(2,14)7-17-18(3,15)16;/h6-13,18-19,28,42H,4-5,14-17,20-21H2,1-3H3,(H,35,40)(H,36,41);1-6,9,17,21H,7-8,11H2;4-6,14H,7H2,1-3H3;1H4/t28-,32+;17-;11-;/m001./s1. The number of nitriles is 1. The van der Waals surface area contributed by atoms with Crippen molar-refractivity contribution in [2.24, 2.45) is 0 Å². The Hall–Kier alpha value is -6.21. The smallest absolute Gasteiger partial charge is 0.264 e. The van der Waals surface area contributed by atoms with Gasteiger partial charge in [0.05, 0.1) is 68.3 Å². The maximum absolute atomic E-state index is 12.5. The molecule has 2 amide bonds. The maximum Gasteiger partial charge on any atom is 0.264 e. The molecule has 0 radical (unpaired) electrons. The number of carbonyl (C=O) groups is 3. The van der Waals surface area contributed by atoms with Crippen LogP contribution in [0.15, 0.2) is 122 Å². The number of β-amino-alcohol motifs (C(OH)–C–C–N with tert-alkyl or cyclic N) is 1. The molecule has 22 heteroatoms. The number of amides is 2. The van der Waals surface area contributed by atoms with E-state index in [1.807, 2.05) is 80.6 Å². The molecule has 5 N–H and O–H groups in total. The van der Waals surface area contributed by atoms with Gasteiger partial charge in [-0.25, -0.2) is 0 Å². The molecule has 0 spiro atoms. The number of Topliss-reactive ketones (excluding diaryl/α,β-unsaturated/α-hetero) is 1. The summed E-state index contributed by atoms with van der Waals surface area (Å²) in [6.45, 7) is 14.2. The lowest BCUT2D eigenvalue weighted by Gasteiger charge is -2.45. The number of anilines is 2. The zero-order valence-corrected chi connectivity index (χ0v) is 50.5. The van der Waals surface area contributed by atoms with Crippen LogP contribution in [0.4, 0.5) is 11.4 Å². The van der Waals surface area contributed by atoms with Crippen molar-refractivity contribution in [2.75, 3.05) is 81.6 Å². The number of carbonyl (C=O) groups excluding carboxylic acids is 3. The number of benzene rings is 4. The molecule has 0 aliphatic carbocycles. The van der Waals surface area contributed by atoms with Crippen LogP contribution in [0.5, 0.6) is 0 Å². The van der Waals surface area contributed by atoms with E-state index in [0.29, 0.717) is 82.3 Å². The van der Waals surface area contributed by atoms with Gasteiger partial charge in [0.15, 0.2) is 5.78 Å². The zero-order valence-electron chi connectivity index (χ0n) is 46.6. The predicted molar refractivity (Wildman–Crippen MR) is 330 cm³/mol. The van der Waals surface area contributed by atoms with Crippen molar-refractivity contribution in [1.29, 1.82) is 5.26 Å². The summed E-state index contributed by atoms with van der Waals surface area (Å²) in [5.74, 6) is -0.457. The molecule has 2 aliphatic heterocycles.